The molecule has 0 heterocycles. The summed E-state index contributed by atoms with van der Waals surface area (Å²) in [5.74, 6) is 0.729. The zero-order valence-electron chi connectivity index (χ0n) is 21.8. The summed E-state index contributed by atoms with van der Waals surface area (Å²) in [5.41, 5.74) is 3.30. The normalized spacial score (nSPS) is 11.7. The maximum absolute atomic E-state index is 12.4. The van der Waals surface area contributed by atoms with Gasteiger partial charge in [-0.15, -0.1) is 11.8 Å². The van der Waals surface area contributed by atoms with E-state index in [4.69, 9.17) is 9.47 Å². The molecule has 192 valence electrons. The molecule has 3 nitrogen and oxygen atoms in total. The van der Waals surface area contributed by atoms with E-state index < -0.39 is 0 Å². The standard InChI is InChI=1S/C32H40O3S/c1-3-4-5-6-7-8-9-13-24-34-30-20-16-28(17-21-30)29-18-22-31(23-19-29)36-26(2)32(33)35-25-27-14-11-10-12-15-27/h10-12,14-23,26H,3-9,13,24-25H2,1-2H3/t26-/m1/s1. The highest BCUT2D eigenvalue weighted by molar-refractivity contribution is 8.00. The molecular formula is C32H40O3S. The van der Waals surface area contributed by atoms with Gasteiger partial charge in [-0.2, -0.15) is 0 Å². The third kappa shape index (κ3) is 10.1. The summed E-state index contributed by atoms with van der Waals surface area (Å²) in [5, 5.41) is -0.267. The second-order valence-corrected chi connectivity index (χ2v) is 10.6. The molecule has 0 aliphatic carbocycles. The van der Waals surface area contributed by atoms with Crippen LogP contribution in [0.4, 0.5) is 0 Å². The molecule has 1 atom stereocenters. The predicted octanol–water partition coefficient (Wildman–Crippen LogP) is 9.10. The molecule has 0 spiro atoms. The second kappa shape index (κ2) is 16.1. The fourth-order valence-corrected chi connectivity index (χ4v) is 4.86. The van der Waals surface area contributed by atoms with E-state index in [-0.39, 0.29) is 11.2 Å². The number of benzene rings is 3. The van der Waals surface area contributed by atoms with Gasteiger partial charge in [0.1, 0.15) is 17.6 Å². The average Bonchev–Trinajstić information content (AvgIpc) is 2.92. The Morgan fingerprint density at radius 1 is 0.750 bits per heavy atom. The molecule has 0 unspecified atom stereocenters. The SMILES string of the molecule is CCCCCCCCCCOc1ccc(-c2ccc(S[C@H](C)C(=O)OCc3ccccc3)cc2)cc1. The number of hydrogen-bond donors (Lipinski definition) is 0. The fourth-order valence-electron chi connectivity index (χ4n) is 3.99. The Labute approximate surface area is 221 Å². The van der Waals surface area contributed by atoms with Gasteiger partial charge in [0.15, 0.2) is 0 Å². The van der Waals surface area contributed by atoms with Crippen LogP contribution in [0.5, 0.6) is 5.75 Å². The third-order valence-corrected chi connectivity index (χ3v) is 7.27. The molecular weight excluding hydrogens is 464 g/mol. The summed E-state index contributed by atoms with van der Waals surface area (Å²) in [6, 6.07) is 26.4. The Bertz CT molecular complexity index is 1000. The molecule has 3 aromatic rings. The summed E-state index contributed by atoms with van der Waals surface area (Å²) in [7, 11) is 0. The summed E-state index contributed by atoms with van der Waals surface area (Å²) in [6.07, 6.45) is 10.5. The van der Waals surface area contributed by atoms with E-state index in [2.05, 4.69) is 43.3 Å². The van der Waals surface area contributed by atoms with Crippen molar-refractivity contribution in [3.63, 3.8) is 0 Å². The molecule has 0 bridgehead atoms. The lowest BCUT2D eigenvalue weighted by molar-refractivity contribution is -0.143. The molecule has 0 radical (unpaired) electrons. The van der Waals surface area contributed by atoms with Crippen molar-refractivity contribution in [3.8, 4) is 16.9 Å². The minimum Gasteiger partial charge on any atom is -0.494 e. The van der Waals surface area contributed by atoms with Crippen LogP contribution in [0.3, 0.4) is 0 Å². The number of thioether (sulfide) groups is 1. The van der Waals surface area contributed by atoms with Crippen LogP contribution in [0.2, 0.25) is 0 Å². The molecule has 0 saturated carbocycles. The first-order chi connectivity index (χ1) is 17.7. The largest absolute Gasteiger partial charge is 0.494 e. The van der Waals surface area contributed by atoms with Crippen molar-refractivity contribution in [2.75, 3.05) is 6.61 Å². The van der Waals surface area contributed by atoms with Crippen LogP contribution in [0.25, 0.3) is 11.1 Å². The zero-order chi connectivity index (χ0) is 25.4. The quantitative estimate of drug-likeness (QED) is 0.111. The lowest BCUT2D eigenvalue weighted by Crippen LogP contribution is -2.16. The van der Waals surface area contributed by atoms with E-state index in [1.807, 2.05) is 49.4 Å². The summed E-state index contributed by atoms with van der Waals surface area (Å²) >= 11 is 1.52. The number of hydrogen-bond acceptors (Lipinski definition) is 4. The average molecular weight is 505 g/mol. The number of carbonyl (C=O) groups excluding carboxylic acids is 1. The first kappa shape index (κ1) is 27.9. The molecule has 0 aliphatic heterocycles. The maximum atomic E-state index is 12.4. The Morgan fingerprint density at radius 3 is 1.97 bits per heavy atom. The second-order valence-electron chi connectivity index (χ2n) is 9.23. The number of carbonyl (C=O) groups is 1. The van der Waals surface area contributed by atoms with Crippen molar-refractivity contribution >= 4 is 17.7 Å². The monoisotopic (exact) mass is 504 g/mol. The third-order valence-electron chi connectivity index (χ3n) is 6.18. The van der Waals surface area contributed by atoms with E-state index in [1.165, 1.54) is 56.7 Å². The number of unbranched alkanes of at least 4 members (excludes halogenated alkanes) is 7. The lowest BCUT2D eigenvalue weighted by Gasteiger charge is -2.12. The Hall–Kier alpha value is -2.72. The fraction of sp³-hybridized carbons (Fsp3) is 0.406. The molecule has 0 saturated heterocycles. The van der Waals surface area contributed by atoms with E-state index in [0.29, 0.717) is 6.61 Å². The van der Waals surface area contributed by atoms with Gasteiger partial charge < -0.3 is 9.47 Å². The van der Waals surface area contributed by atoms with Gasteiger partial charge in [-0.25, -0.2) is 0 Å². The highest BCUT2D eigenvalue weighted by Crippen LogP contribution is 2.28. The summed E-state index contributed by atoms with van der Waals surface area (Å²) < 4.78 is 11.4. The van der Waals surface area contributed by atoms with Gasteiger partial charge in [0.25, 0.3) is 0 Å². The van der Waals surface area contributed by atoms with E-state index in [1.54, 1.807) is 0 Å². The predicted molar refractivity (Wildman–Crippen MR) is 152 cm³/mol. The minimum absolute atomic E-state index is 0.199. The Kier molecular flexibility index (Phi) is 12.5. The van der Waals surface area contributed by atoms with Crippen LogP contribution >= 0.6 is 11.8 Å². The molecule has 4 heteroatoms. The lowest BCUT2D eigenvalue weighted by atomic mass is 10.1. The number of rotatable bonds is 16. The molecule has 3 rings (SSSR count). The summed E-state index contributed by atoms with van der Waals surface area (Å²) in [4.78, 5) is 13.4. The van der Waals surface area contributed by atoms with Crippen LogP contribution < -0.4 is 4.74 Å². The van der Waals surface area contributed by atoms with Crippen molar-refractivity contribution in [1.29, 1.82) is 0 Å². The number of esters is 1. The smallest absolute Gasteiger partial charge is 0.319 e. The van der Waals surface area contributed by atoms with Gasteiger partial charge in [-0.3, -0.25) is 4.79 Å². The molecule has 36 heavy (non-hydrogen) atoms. The minimum atomic E-state index is -0.267. The number of ether oxygens (including phenoxy) is 2. The van der Waals surface area contributed by atoms with Gasteiger partial charge in [-0.05, 0) is 54.3 Å². The van der Waals surface area contributed by atoms with Crippen LogP contribution in [-0.4, -0.2) is 17.8 Å². The zero-order valence-corrected chi connectivity index (χ0v) is 22.6. The van der Waals surface area contributed by atoms with Crippen molar-refractivity contribution in [2.24, 2.45) is 0 Å². The highest BCUT2D eigenvalue weighted by atomic mass is 32.2. The molecule has 0 aliphatic rings. The molecule has 0 aromatic heterocycles. The topological polar surface area (TPSA) is 35.5 Å². The van der Waals surface area contributed by atoms with E-state index >= 15 is 0 Å². The van der Waals surface area contributed by atoms with Gasteiger partial charge in [-0.1, -0.05) is 106 Å². The van der Waals surface area contributed by atoms with Gasteiger partial charge >= 0.3 is 5.97 Å². The van der Waals surface area contributed by atoms with E-state index in [9.17, 15) is 4.79 Å². The van der Waals surface area contributed by atoms with Crippen molar-refractivity contribution in [3.05, 3.63) is 84.4 Å². The highest BCUT2D eigenvalue weighted by Gasteiger charge is 2.16. The van der Waals surface area contributed by atoms with Gasteiger partial charge in [0, 0.05) is 4.90 Å². The first-order valence-corrected chi connectivity index (χ1v) is 14.2. The molecule has 0 amide bonds. The van der Waals surface area contributed by atoms with Crippen LogP contribution in [-0.2, 0) is 16.1 Å². The molecule has 0 N–H and O–H groups in total. The Morgan fingerprint density at radius 2 is 1.33 bits per heavy atom. The van der Waals surface area contributed by atoms with E-state index in [0.717, 1.165) is 40.4 Å². The van der Waals surface area contributed by atoms with Crippen LogP contribution in [0, 0.1) is 0 Å². The summed E-state index contributed by atoms with van der Waals surface area (Å²) in [6.45, 7) is 5.24. The van der Waals surface area contributed by atoms with Crippen LogP contribution in [0.15, 0.2) is 83.8 Å². The van der Waals surface area contributed by atoms with Crippen molar-refractivity contribution in [2.45, 2.75) is 82.0 Å². The first-order valence-electron chi connectivity index (χ1n) is 13.4. The van der Waals surface area contributed by atoms with Crippen molar-refractivity contribution in [1.82, 2.24) is 0 Å². The van der Waals surface area contributed by atoms with Crippen LogP contribution in [0.1, 0.15) is 70.8 Å². The molecule has 0 fully saturated rings. The molecule has 3 aromatic carbocycles. The Balaban J connectivity index is 1.37. The maximum Gasteiger partial charge on any atom is 0.319 e. The van der Waals surface area contributed by atoms with Crippen molar-refractivity contribution < 1.29 is 14.3 Å². The van der Waals surface area contributed by atoms with Gasteiger partial charge in [0.05, 0.1) is 6.61 Å². The van der Waals surface area contributed by atoms with Gasteiger partial charge in [0.2, 0.25) is 0 Å².